The minimum Gasteiger partial charge on any atom is -0.506 e. The first kappa shape index (κ1) is 32.5. The smallest absolute Gasteiger partial charge is 0.283 e. The second-order valence-electron chi connectivity index (χ2n) is 6.04. The zero-order valence-corrected chi connectivity index (χ0v) is 22.8. The second kappa shape index (κ2) is 17.0. The van der Waals surface area contributed by atoms with Crippen molar-refractivity contribution in [2.24, 2.45) is 0 Å². The van der Waals surface area contributed by atoms with E-state index >= 15 is 0 Å². The normalized spacial score (nSPS) is 21.8. The molecular weight excluding hydrogens is 788 g/mol. The van der Waals surface area contributed by atoms with E-state index in [9.17, 15) is 40.9 Å². The third kappa shape index (κ3) is 9.58. The van der Waals surface area contributed by atoms with Gasteiger partial charge in [0.2, 0.25) is 0 Å². The van der Waals surface area contributed by atoms with Crippen molar-refractivity contribution in [3.8, 4) is 0 Å². The molecule has 2 radical (unpaired) electrons. The van der Waals surface area contributed by atoms with Gasteiger partial charge in [-0.05, 0) is 12.9 Å². The molecule has 31 heavy (non-hydrogen) atoms. The Morgan fingerprint density at radius 3 is 1.74 bits per heavy atom. The lowest BCUT2D eigenvalue weighted by molar-refractivity contribution is -0.162. The highest BCUT2D eigenvalue weighted by Gasteiger charge is 2.44. The molecule has 0 bridgehead atoms. The van der Waals surface area contributed by atoms with Crippen LogP contribution in [0.25, 0.3) is 0 Å². The van der Waals surface area contributed by atoms with Crippen molar-refractivity contribution in [1.82, 2.24) is 0 Å². The molecule has 0 aliphatic heterocycles. The van der Waals surface area contributed by atoms with Crippen molar-refractivity contribution in [3.63, 3.8) is 0 Å². The number of aliphatic hydroxyl groups is 8. The molecule has 8 N–H and O–H groups in total. The predicted octanol–water partition coefficient (Wildman–Crippen LogP) is -1.92. The van der Waals surface area contributed by atoms with Gasteiger partial charge in [-0.1, -0.05) is 0 Å². The Morgan fingerprint density at radius 2 is 1.32 bits per heavy atom. The summed E-state index contributed by atoms with van der Waals surface area (Å²) in [5.41, 5.74) is 0. The Hall–Kier alpha value is 1.50. The number of thiol groups is 1. The highest BCUT2D eigenvalue weighted by molar-refractivity contribution is 14.1. The summed E-state index contributed by atoms with van der Waals surface area (Å²) in [4.78, 5) is 0. The zero-order valence-electron chi connectivity index (χ0n) is 15.4. The highest BCUT2D eigenvalue weighted by Crippen LogP contribution is 2.24. The quantitative estimate of drug-likeness (QED) is 0.0275. The van der Waals surface area contributed by atoms with Crippen LogP contribution in [0.1, 0.15) is 0 Å². The van der Waals surface area contributed by atoms with Gasteiger partial charge in [0.25, 0.3) is 8.05 Å². The number of halogens is 3. The first-order chi connectivity index (χ1) is 14.5. The van der Waals surface area contributed by atoms with Gasteiger partial charge in [-0.3, -0.25) is 0 Å². The van der Waals surface area contributed by atoms with Gasteiger partial charge < -0.3 is 58.9 Å². The van der Waals surface area contributed by atoms with Gasteiger partial charge in [0.05, 0.1) is 19.3 Å². The maximum Gasteiger partial charge on any atom is 0.283 e. The van der Waals surface area contributed by atoms with E-state index in [4.69, 9.17) is 11.1 Å². The largest absolute Gasteiger partial charge is 0.506 e. The van der Waals surface area contributed by atoms with Gasteiger partial charge in [0.15, 0.2) is 34.5 Å². The molecular formula is C13H22BI3O13S. The molecule has 18 heteroatoms. The van der Waals surface area contributed by atoms with Crippen molar-refractivity contribution in [2.45, 2.75) is 54.9 Å². The van der Waals surface area contributed by atoms with Gasteiger partial charge in [-0.15, -0.1) is 0 Å². The summed E-state index contributed by atoms with van der Waals surface area (Å²) in [6, 6.07) is 0. The van der Waals surface area contributed by atoms with Crippen LogP contribution in [0.3, 0.4) is 0 Å². The fraction of sp³-hybridized carbons (Fsp3) is 0.846. The fourth-order valence-corrected chi connectivity index (χ4v) is 3.82. The van der Waals surface area contributed by atoms with Gasteiger partial charge in [0.1, 0.15) is 94.8 Å². The van der Waals surface area contributed by atoms with Crippen molar-refractivity contribution in [3.05, 3.63) is 11.5 Å². The van der Waals surface area contributed by atoms with Crippen LogP contribution in [0.2, 0.25) is 0 Å². The molecule has 0 heterocycles. The zero-order chi connectivity index (χ0) is 24.3. The van der Waals surface area contributed by atoms with Crippen LogP contribution in [0.5, 0.6) is 0 Å². The van der Waals surface area contributed by atoms with Crippen LogP contribution in [0.15, 0.2) is 11.5 Å². The first-order valence-electron chi connectivity index (χ1n) is 8.14. The second-order valence-corrected chi connectivity index (χ2v) is 7.94. The molecule has 0 saturated heterocycles. The van der Waals surface area contributed by atoms with E-state index in [1.807, 2.05) is 0 Å². The maximum absolute atomic E-state index is 10.4. The summed E-state index contributed by atoms with van der Waals surface area (Å²) in [6.45, 7) is -0.713. The summed E-state index contributed by atoms with van der Waals surface area (Å²) in [6.07, 6.45) is -17.2. The molecule has 182 valence electrons. The van der Waals surface area contributed by atoms with Crippen LogP contribution in [-0.4, -0.2) is 117 Å². The molecule has 13 nitrogen and oxygen atoms in total. The van der Waals surface area contributed by atoms with Crippen LogP contribution < -0.4 is 0 Å². The molecule has 0 fully saturated rings. The standard InChI is InChI=1S/C13H22BI3O13S/c14-28-12(5(20)3(18)1-26-15)9(24)10(25)13(30-31)8(23)6(21)7(22)11(29-17)4(19)2-27-16/h3-6,8-10,12-13,18-25,31H,1-2H2/b11-7-. The number of hydrogen-bond acceptors (Lipinski definition) is 14. The lowest BCUT2D eigenvalue weighted by atomic mass is 9.91. The lowest BCUT2D eigenvalue weighted by Gasteiger charge is -2.36. The molecule has 0 saturated carbocycles. The minimum absolute atomic E-state index is 0.337. The molecule has 0 rings (SSSR count). The van der Waals surface area contributed by atoms with E-state index in [1.54, 1.807) is 0 Å². The monoisotopic (exact) mass is 810 g/mol. The third-order valence-electron chi connectivity index (χ3n) is 4.07. The summed E-state index contributed by atoms with van der Waals surface area (Å²) in [5, 5.41) is 81.1. The molecule has 0 aliphatic rings. The predicted molar refractivity (Wildman–Crippen MR) is 131 cm³/mol. The van der Waals surface area contributed by atoms with E-state index in [2.05, 4.69) is 27.9 Å². The van der Waals surface area contributed by atoms with Gasteiger partial charge >= 0.3 is 0 Å². The van der Waals surface area contributed by atoms with Crippen molar-refractivity contribution >= 4 is 90.0 Å². The molecule has 0 aromatic heterocycles. The van der Waals surface area contributed by atoms with Crippen molar-refractivity contribution < 1.29 is 58.9 Å². The molecule has 0 amide bonds. The topological polar surface area (TPSA) is 208 Å². The Balaban J connectivity index is 5.63. The Morgan fingerprint density at radius 1 is 0.806 bits per heavy atom. The Bertz CT molecular complexity index is 539. The van der Waals surface area contributed by atoms with Crippen LogP contribution in [0, 0.1) is 0 Å². The van der Waals surface area contributed by atoms with Crippen LogP contribution in [0.4, 0.5) is 0 Å². The van der Waals surface area contributed by atoms with Crippen LogP contribution in [-0.2, 0) is 18.0 Å². The molecule has 0 aromatic carbocycles. The lowest BCUT2D eigenvalue weighted by Crippen LogP contribution is -2.57. The van der Waals surface area contributed by atoms with E-state index in [0.29, 0.717) is 0 Å². The molecule has 0 aliphatic carbocycles. The van der Waals surface area contributed by atoms with Crippen molar-refractivity contribution in [1.29, 1.82) is 0 Å². The average molecular weight is 810 g/mol. The number of hydrogen-bond donors (Lipinski definition) is 9. The van der Waals surface area contributed by atoms with E-state index in [-0.39, 0.29) is 13.2 Å². The summed E-state index contributed by atoms with van der Waals surface area (Å²) in [5.74, 6) is -1.58. The molecule has 9 atom stereocenters. The van der Waals surface area contributed by atoms with Gasteiger partial charge in [0, 0.05) is 0 Å². The molecule has 9 unspecified atom stereocenters. The summed E-state index contributed by atoms with van der Waals surface area (Å²) in [7, 11) is 5.03. The maximum atomic E-state index is 10.4. The van der Waals surface area contributed by atoms with Crippen LogP contribution >= 0.6 is 81.9 Å². The average Bonchev–Trinajstić information content (AvgIpc) is 2.74. The van der Waals surface area contributed by atoms with E-state index in [1.165, 1.54) is 69.0 Å². The SMILES string of the molecule is [B]OC(C(O)C(O)COI)C(O)C(O)C(OS)C(O)C(O)/C(O)=C(/OI)C(O)COI. The Labute approximate surface area is 226 Å². The third-order valence-corrected chi connectivity index (χ3v) is 5.50. The Kier molecular flexibility index (Phi) is 17.8. The number of aliphatic hydroxyl groups excluding tert-OH is 8. The molecule has 0 aromatic rings. The summed E-state index contributed by atoms with van der Waals surface area (Å²) < 4.78 is 23.1. The van der Waals surface area contributed by atoms with Crippen molar-refractivity contribution in [2.75, 3.05) is 13.2 Å². The minimum atomic E-state index is -2.20. The number of rotatable bonds is 16. The van der Waals surface area contributed by atoms with Gasteiger partial charge in [-0.2, -0.15) is 0 Å². The van der Waals surface area contributed by atoms with E-state index in [0.717, 1.165) is 0 Å². The fourth-order valence-electron chi connectivity index (χ4n) is 2.34. The van der Waals surface area contributed by atoms with E-state index < -0.39 is 66.5 Å². The van der Waals surface area contributed by atoms with Gasteiger partial charge in [-0.25, -0.2) is 0 Å². The summed E-state index contributed by atoms with van der Waals surface area (Å²) >= 11 is 7.70. The first-order valence-corrected chi connectivity index (χ1v) is 11.1. The molecule has 0 spiro atoms. The highest BCUT2D eigenvalue weighted by atomic mass is 127.